The van der Waals surface area contributed by atoms with Crippen molar-refractivity contribution in [3.63, 3.8) is 0 Å². The molecule has 0 spiro atoms. The van der Waals surface area contributed by atoms with Crippen LogP contribution in [0.3, 0.4) is 0 Å². The number of benzene rings is 2. The van der Waals surface area contributed by atoms with Crippen LogP contribution in [0.2, 0.25) is 0 Å². The number of rotatable bonds is 6. The first-order valence-electron chi connectivity index (χ1n) is 10.5. The van der Waals surface area contributed by atoms with Gasteiger partial charge in [-0.05, 0) is 35.1 Å². The summed E-state index contributed by atoms with van der Waals surface area (Å²) in [6.07, 6.45) is -0.671. The number of nitrogens with two attached hydrogens (primary N) is 1. The molecule has 7 heteroatoms. The van der Waals surface area contributed by atoms with E-state index in [2.05, 4.69) is 22.3 Å². The maximum atomic E-state index is 12.9. The zero-order chi connectivity index (χ0) is 22.6. The summed E-state index contributed by atoms with van der Waals surface area (Å²) in [4.78, 5) is 26.4. The molecule has 1 aliphatic heterocycles. The zero-order valence-corrected chi connectivity index (χ0v) is 18.4. The summed E-state index contributed by atoms with van der Waals surface area (Å²) in [7, 11) is 0. The van der Waals surface area contributed by atoms with E-state index < -0.39 is 17.6 Å². The Morgan fingerprint density at radius 3 is 2.55 bits per heavy atom. The number of nitrogens with one attached hydrogen (secondary N) is 1. The van der Waals surface area contributed by atoms with Crippen molar-refractivity contribution >= 4 is 12.0 Å². The molecule has 0 radical (unpaired) electrons. The molecule has 2 aromatic carbocycles. The first-order valence-corrected chi connectivity index (χ1v) is 10.5. The number of fused-ring (bicyclic) bond motifs is 1. The molecular weight excluding hydrogens is 394 g/mol. The number of hydrogen-bond acceptors (Lipinski definition) is 5. The topological polar surface area (TPSA) is 105 Å². The molecule has 1 unspecified atom stereocenters. The van der Waals surface area contributed by atoms with E-state index in [1.54, 1.807) is 18.2 Å². The first-order chi connectivity index (χ1) is 14.6. The van der Waals surface area contributed by atoms with E-state index in [1.807, 2.05) is 32.9 Å². The van der Waals surface area contributed by atoms with Gasteiger partial charge in [0.05, 0.1) is 6.10 Å². The van der Waals surface area contributed by atoms with Gasteiger partial charge in [0.2, 0.25) is 0 Å². The van der Waals surface area contributed by atoms with E-state index in [4.69, 9.17) is 10.5 Å². The van der Waals surface area contributed by atoms with Crippen LogP contribution in [0.1, 0.15) is 47.8 Å². The molecule has 2 aromatic rings. The fourth-order valence-electron chi connectivity index (χ4n) is 4.07. The van der Waals surface area contributed by atoms with Crippen molar-refractivity contribution in [3.8, 4) is 5.75 Å². The van der Waals surface area contributed by atoms with E-state index in [1.165, 1.54) is 11.1 Å². The zero-order valence-electron chi connectivity index (χ0n) is 18.4. The van der Waals surface area contributed by atoms with Crippen LogP contribution >= 0.6 is 0 Å². The standard InChI is InChI=1S/C24H31N3O4/c1-24(2,3)21-19(9-6-10-20(21)31-23(25)30)22(29)26-13-18(28)15-27-12-11-16-7-4-5-8-17(16)14-27/h4-10,18,28H,11-15H2,1-3H3,(H2,25,30)(H,26,29). The highest BCUT2D eigenvalue weighted by Crippen LogP contribution is 2.34. The number of ether oxygens (including phenoxy) is 1. The number of aliphatic hydroxyl groups excluding tert-OH is 1. The Kier molecular flexibility index (Phi) is 6.97. The molecule has 0 saturated carbocycles. The quantitative estimate of drug-likeness (QED) is 0.660. The van der Waals surface area contributed by atoms with Crippen molar-refractivity contribution in [1.29, 1.82) is 0 Å². The highest BCUT2D eigenvalue weighted by atomic mass is 16.5. The maximum absolute atomic E-state index is 12.9. The Morgan fingerprint density at radius 1 is 1.16 bits per heavy atom. The first kappa shape index (κ1) is 22.8. The predicted molar refractivity (Wildman–Crippen MR) is 119 cm³/mol. The summed E-state index contributed by atoms with van der Waals surface area (Å²) in [5.41, 5.74) is 8.34. The number of amides is 2. The van der Waals surface area contributed by atoms with Crippen molar-refractivity contribution in [2.75, 3.05) is 19.6 Å². The fraction of sp³-hybridized carbons (Fsp3) is 0.417. The average molecular weight is 426 g/mol. The van der Waals surface area contributed by atoms with Gasteiger partial charge in [-0.15, -0.1) is 0 Å². The lowest BCUT2D eigenvalue weighted by Crippen LogP contribution is -2.42. The van der Waals surface area contributed by atoms with Crippen LogP contribution in [0.15, 0.2) is 42.5 Å². The lowest BCUT2D eigenvalue weighted by Gasteiger charge is -2.30. The van der Waals surface area contributed by atoms with Crippen LogP contribution in [-0.2, 0) is 18.4 Å². The Bertz CT molecular complexity index is 952. The minimum absolute atomic E-state index is 0.126. The van der Waals surface area contributed by atoms with Crippen molar-refractivity contribution in [2.45, 2.75) is 45.3 Å². The van der Waals surface area contributed by atoms with E-state index in [0.717, 1.165) is 19.5 Å². The maximum Gasteiger partial charge on any atom is 0.409 e. The van der Waals surface area contributed by atoms with Gasteiger partial charge in [-0.1, -0.05) is 51.1 Å². The number of primary amides is 1. The number of hydrogen-bond donors (Lipinski definition) is 3. The molecular formula is C24H31N3O4. The largest absolute Gasteiger partial charge is 0.410 e. The Balaban J connectivity index is 1.63. The van der Waals surface area contributed by atoms with Gasteiger partial charge in [0, 0.05) is 37.3 Å². The average Bonchev–Trinajstić information content (AvgIpc) is 2.70. The molecule has 31 heavy (non-hydrogen) atoms. The van der Waals surface area contributed by atoms with Crippen LogP contribution < -0.4 is 15.8 Å². The molecule has 7 nitrogen and oxygen atoms in total. The van der Waals surface area contributed by atoms with Gasteiger partial charge in [0.25, 0.3) is 5.91 Å². The Morgan fingerprint density at radius 2 is 1.87 bits per heavy atom. The lowest BCUT2D eigenvalue weighted by molar-refractivity contribution is 0.0839. The minimum atomic E-state index is -0.929. The molecule has 1 heterocycles. The summed E-state index contributed by atoms with van der Waals surface area (Å²) < 4.78 is 5.12. The van der Waals surface area contributed by atoms with Crippen LogP contribution in [0, 0.1) is 0 Å². The van der Waals surface area contributed by atoms with Crippen LogP contribution in [0.5, 0.6) is 5.75 Å². The smallest absolute Gasteiger partial charge is 0.409 e. The SMILES string of the molecule is CC(C)(C)c1c(OC(N)=O)cccc1C(=O)NCC(O)CN1CCc2ccccc2C1. The monoisotopic (exact) mass is 425 g/mol. The highest BCUT2D eigenvalue weighted by Gasteiger charge is 2.27. The van der Waals surface area contributed by atoms with Gasteiger partial charge >= 0.3 is 6.09 Å². The molecule has 0 saturated heterocycles. The normalized spacial score (nSPS) is 15.1. The van der Waals surface area contributed by atoms with E-state index in [-0.39, 0.29) is 18.2 Å². The molecule has 0 aromatic heterocycles. The van der Waals surface area contributed by atoms with Crippen LogP contribution in [0.25, 0.3) is 0 Å². The van der Waals surface area contributed by atoms with Crippen LogP contribution in [0.4, 0.5) is 4.79 Å². The minimum Gasteiger partial charge on any atom is -0.410 e. The molecule has 166 valence electrons. The third kappa shape index (κ3) is 5.83. The molecule has 0 fully saturated rings. The summed E-state index contributed by atoms with van der Waals surface area (Å²) in [5.74, 6) is -0.0666. The van der Waals surface area contributed by atoms with E-state index in [0.29, 0.717) is 17.7 Å². The molecule has 0 aliphatic carbocycles. The van der Waals surface area contributed by atoms with Gasteiger partial charge in [0.1, 0.15) is 5.75 Å². The summed E-state index contributed by atoms with van der Waals surface area (Å²) in [5, 5.41) is 13.3. The van der Waals surface area contributed by atoms with Gasteiger partial charge in [-0.2, -0.15) is 0 Å². The Hall–Kier alpha value is -2.90. The van der Waals surface area contributed by atoms with Crippen molar-refractivity contribution in [1.82, 2.24) is 10.2 Å². The number of carbonyl (C=O) groups is 2. The number of nitrogens with zero attached hydrogens (tertiary/aromatic N) is 1. The molecule has 2 amide bonds. The van der Waals surface area contributed by atoms with E-state index >= 15 is 0 Å². The Labute approximate surface area is 183 Å². The van der Waals surface area contributed by atoms with Crippen molar-refractivity contribution < 1.29 is 19.4 Å². The highest BCUT2D eigenvalue weighted by molar-refractivity contribution is 5.97. The number of carbonyl (C=O) groups excluding carboxylic acids is 2. The molecule has 3 rings (SSSR count). The molecule has 1 aliphatic rings. The van der Waals surface area contributed by atoms with Crippen molar-refractivity contribution in [3.05, 3.63) is 64.7 Å². The third-order valence-electron chi connectivity index (χ3n) is 5.41. The third-order valence-corrected chi connectivity index (χ3v) is 5.41. The second kappa shape index (κ2) is 9.49. The predicted octanol–water partition coefficient (Wildman–Crippen LogP) is 2.59. The van der Waals surface area contributed by atoms with E-state index in [9.17, 15) is 14.7 Å². The fourth-order valence-corrected chi connectivity index (χ4v) is 4.07. The van der Waals surface area contributed by atoms with Gasteiger partial charge < -0.3 is 20.9 Å². The van der Waals surface area contributed by atoms with Gasteiger partial charge in [-0.25, -0.2) is 4.79 Å². The molecule has 4 N–H and O–H groups in total. The number of β-amino-alcohol motifs (C(OH)–C–C–N with tert-alkyl or cyclic N) is 1. The second-order valence-electron chi connectivity index (χ2n) is 8.97. The molecule has 0 bridgehead atoms. The van der Waals surface area contributed by atoms with Gasteiger partial charge in [-0.3, -0.25) is 9.69 Å². The summed E-state index contributed by atoms with van der Waals surface area (Å²) >= 11 is 0. The lowest BCUT2D eigenvalue weighted by atomic mass is 9.82. The molecule has 1 atom stereocenters. The summed E-state index contributed by atoms with van der Waals surface area (Å²) in [6.45, 7) is 8.06. The van der Waals surface area contributed by atoms with Crippen LogP contribution in [-0.4, -0.2) is 47.7 Å². The number of aliphatic hydroxyl groups is 1. The summed E-state index contributed by atoms with van der Waals surface area (Å²) in [6, 6.07) is 13.3. The van der Waals surface area contributed by atoms with Gasteiger partial charge in [0.15, 0.2) is 0 Å². The second-order valence-corrected chi connectivity index (χ2v) is 8.97. The van der Waals surface area contributed by atoms with Crippen molar-refractivity contribution in [2.24, 2.45) is 5.73 Å².